The zero-order valence-electron chi connectivity index (χ0n) is 16.4. The summed E-state index contributed by atoms with van der Waals surface area (Å²) in [6, 6.07) is 18.1. The standard InChI is InChI=1S/C23H26N4O2/c28-23(17-29-22-9-4-3-8-20(22)21-10-13-25-26-21)24-12-5-14-27-15-11-18-6-1-2-7-19(18)16-27/h1-4,6-10,13H,5,11-12,14-17H2,(H,24,28)(H,25,26). The molecule has 2 N–H and O–H groups in total. The van der Waals surface area contributed by atoms with E-state index in [0.29, 0.717) is 12.3 Å². The summed E-state index contributed by atoms with van der Waals surface area (Å²) >= 11 is 0. The third-order valence-corrected chi connectivity index (χ3v) is 5.21. The Morgan fingerprint density at radius 3 is 2.79 bits per heavy atom. The smallest absolute Gasteiger partial charge is 0.257 e. The number of rotatable bonds is 8. The van der Waals surface area contributed by atoms with Crippen LogP contribution in [0.15, 0.2) is 60.8 Å². The molecule has 1 amide bonds. The minimum atomic E-state index is -0.106. The number of amides is 1. The normalized spacial score (nSPS) is 13.7. The molecule has 2 heterocycles. The molecule has 29 heavy (non-hydrogen) atoms. The van der Waals surface area contributed by atoms with Crippen LogP contribution in [0.25, 0.3) is 11.3 Å². The van der Waals surface area contributed by atoms with Crippen LogP contribution in [0.4, 0.5) is 0 Å². The van der Waals surface area contributed by atoms with E-state index in [4.69, 9.17) is 4.74 Å². The van der Waals surface area contributed by atoms with Crippen molar-refractivity contribution in [2.75, 3.05) is 26.2 Å². The van der Waals surface area contributed by atoms with Crippen molar-refractivity contribution >= 4 is 5.91 Å². The van der Waals surface area contributed by atoms with Crippen LogP contribution >= 0.6 is 0 Å². The van der Waals surface area contributed by atoms with Crippen molar-refractivity contribution in [1.82, 2.24) is 20.4 Å². The Hall–Kier alpha value is -3.12. The average molecular weight is 390 g/mol. The Morgan fingerprint density at radius 1 is 1.10 bits per heavy atom. The molecule has 2 aromatic carbocycles. The molecule has 0 radical (unpaired) electrons. The maximum absolute atomic E-state index is 12.2. The third-order valence-electron chi connectivity index (χ3n) is 5.21. The largest absolute Gasteiger partial charge is 0.483 e. The highest BCUT2D eigenvalue weighted by molar-refractivity contribution is 5.78. The predicted octanol–water partition coefficient (Wildman–Crippen LogP) is 3.02. The van der Waals surface area contributed by atoms with Crippen molar-refractivity contribution < 1.29 is 9.53 Å². The van der Waals surface area contributed by atoms with Gasteiger partial charge >= 0.3 is 0 Å². The van der Waals surface area contributed by atoms with E-state index in [1.165, 1.54) is 11.1 Å². The molecule has 0 saturated heterocycles. The highest BCUT2D eigenvalue weighted by Gasteiger charge is 2.15. The van der Waals surface area contributed by atoms with Crippen molar-refractivity contribution in [1.29, 1.82) is 0 Å². The molecule has 0 atom stereocenters. The molecule has 6 heteroatoms. The van der Waals surface area contributed by atoms with Crippen LogP contribution < -0.4 is 10.1 Å². The number of nitrogens with one attached hydrogen (secondary N) is 2. The van der Waals surface area contributed by atoms with Gasteiger partial charge in [0.2, 0.25) is 0 Å². The van der Waals surface area contributed by atoms with Gasteiger partial charge in [0.05, 0.1) is 5.69 Å². The van der Waals surface area contributed by atoms with Gasteiger partial charge < -0.3 is 10.1 Å². The zero-order chi connectivity index (χ0) is 19.9. The maximum atomic E-state index is 12.2. The van der Waals surface area contributed by atoms with Gasteiger partial charge in [0, 0.05) is 37.9 Å². The van der Waals surface area contributed by atoms with Crippen LogP contribution in [-0.4, -0.2) is 47.2 Å². The van der Waals surface area contributed by atoms with E-state index in [9.17, 15) is 4.79 Å². The molecule has 0 saturated carbocycles. The molecule has 1 aromatic heterocycles. The average Bonchev–Trinajstić information content (AvgIpc) is 3.30. The fourth-order valence-electron chi connectivity index (χ4n) is 3.68. The Labute approximate surface area is 170 Å². The Bertz CT molecular complexity index is 940. The first kappa shape index (κ1) is 19.2. The predicted molar refractivity (Wildman–Crippen MR) is 113 cm³/mol. The number of aromatic amines is 1. The molecule has 1 aliphatic rings. The number of carbonyl (C=O) groups excluding carboxylic acids is 1. The van der Waals surface area contributed by atoms with Crippen LogP contribution in [0.1, 0.15) is 17.5 Å². The molecule has 4 rings (SSSR count). The second-order valence-electron chi connectivity index (χ2n) is 7.24. The SMILES string of the molecule is O=C(COc1ccccc1-c1cc[nH]n1)NCCCN1CCc2ccccc2C1. The lowest BCUT2D eigenvalue weighted by molar-refractivity contribution is -0.123. The number of hydrogen-bond donors (Lipinski definition) is 2. The Morgan fingerprint density at radius 2 is 1.93 bits per heavy atom. The molecule has 0 bridgehead atoms. The van der Waals surface area contributed by atoms with Crippen LogP contribution in [-0.2, 0) is 17.8 Å². The minimum absolute atomic E-state index is 0.00146. The summed E-state index contributed by atoms with van der Waals surface area (Å²) in [6.45, 7) is 3.71. The van der Waals surface area contributed by atoms with Gasteiger partial charge in [-0.25, -0.2) is 0 Å². The third kappa shape index (κ3) is 5.03. The highest BCUT2D eigenvalue weighted by atomic mass is 16.5. The summed E-state index contributed by atoms with van der Waals surface area (Å²) in [5.41, 5.74) is 4.55. The number of fused-ring (bicyclic) bond motifs is 1. The molecular weight excluding hydrogens is 364 g/mol. The van der Waals surface area contributed by atoms with Gasteiger partial charge in [-0.15, -0.1) is 0 Å². The summed E-state index contributed by atoms with van der Waals surface area (Å²) < 4.78 is 5.73. The lowest BCUT2D eigenvalue weighted by atomic mass is 10.00. The lowest BCUT2D eigenvalue weighted by Gasteiger charge is -2.28. The van der Waals surface area contributed by atoms with Crippen LogP contribution in [0.2, 0.25) is 0 Å². The van der Waals surface area contributed by atoms with Crippen molar-refractivity contribution in [3.63, 3.8) is 0 Å². The zero-order valence-corrected chi connectivity index (χ0v) is 16.4. The summed E-state index contributed by atoms with van der Waals surface area (Å²) in [4.78, 5) is 14.6. The molecular formula is C23H26N4O2. The van der Waals surface area contributed by atoms with Crippen molar-refractivity contribution in [3.05, 3.63) is 71.9 Å². The Kier molecular flexibility index (Phi) is 6.22. The van der Waals surface area contributed by atoms with Gasteiger partial charge in [-0.05, 0) is 42.2 Å². The summed E-state index contributed by atoms with van der Waals surface area (Å²) in [5, 5.41) is 9.94. The number of benzene rings is 2. The van der Waals surface area contributed by atoms with Gasteiger partial charge in [0.25, 0.3) is 5.91 Å². The summed E-state index contributed by atoms with van der Waals surface area (Å²) in [5.74, 6) is 0.549. The molecule has 6 nitrogen and oxygen atoms in total. The summed E-state index contributed by atoms with van der Waals surface area (Å²) in [7, 11) is 0. The monoisotopic (exact) mass is 390 g/mol. The van der Waals surface area contributed by atoms with E-state index >= 15 is 0 Å². The summed E-state index contributed by atoms with van der Waals surface area (Å²) in [6.07, 6.45) is 3.79. The number of hydrogen-bond acceptors (Lipinski definition) is 4. The number of aromatic nitrogens is 2. The van der Waals surface area contributed by atoms with Gasteiger partial charge in [-0.1, -0.05) is 36.4 Å². The molecule has 1 aliphatic heterocycles. The van der Waals surface area contributed by atoms with E-state index in [2.05, 4.69) is 44.7 Å². The number of para-hydroxylation sites is 1. The number of nitrogens with zero attached hydrogens (tertiary/aromatic N) is 2. The molecule has 0 aliphatic carbocycles. The topological polar surface area (TPSA) is 70.2 Å². The second-order valence-corrected chi connectivity index (χ2v) is 7.24. The molecule has 0 spiro atoms. The fraction of sp³-hybridized carbons (Fsp3) is 0.304. The molecule has 3 aromatic rings. The van der Waals surface area contributed by atoms with E-state index in [1.54, 1.807) is 6.20 Å². The number of ether oxygens (including phenoxy) is 1. The molecule has 0 fully saturated rings. The minimum Gasteiger partial charge on any atom is -0.483 e. The van der Waals surface area contributed by atoms with Crippen molar-refractivity contribution in [2.24, 2.45) is 0 Å². The maximum Gasteiger partial charge on any atom is 0.257 e. The van der Waals surface area contributed by atoms with Crippen molar-refractivity contribution in [2.45, 2.75) is 19.4 Å². The van der Waals surface area contributed by atoms with Gasteiger partial charge in [-0.3, -0.25) is 14.8 Å². The first-order valence-corrected chi connectivity index (χ1v) is 10.1. The number of H-pyrrole nitrogens is 1. The second kappa shape index (κ2) is 9.39. The van der Waals surface area contributed by atoms with Crippen LogP contribution in [0, 0.1) is 0 Å². The van der Waals surface area contributed by atoms with Crippen molar-refractivity contribution in [3.8, 4) is 17.0 Å². The Balaban J connectivity index is 1.18. The van der Waals surface area contributed by atoms with E-state index < -0.39 is 0 Å². The highest BCUT2D eigenvalue weighted by Crippen LogP contribution is 2.27. The van der Waals surface area contributed by atoms with E-state index in [1.807, 2.05) is 30.3 Å². The van der Waals surface area contributed by atoms with Gasteiger partial charge in [0.15, 0.2) is 6.61 Å². The van der Waals surface area contributed by atoms with Gasteiger partial charge in [0.1, 0.15) is 5.75 Å². The quantitative estimate of drug-likeness (QED) is 0.580. The first-order valence-electron chi connectivity index (χ1n) is 10.1. The van der Waals surface area contributed by atoms with E-state index in [-0.39, 0.29) is 12.5 Å². The van der Waals surface area contributed by atoms with Crippen LogP contribution in [0.5, 0.6) is 5.75 Å². The number of carbonyl (C=O) groups is 1. The van der Waals surface area contributed by atoms with Gasteiger partial charge in [-0.2, -0.15) is 5.10 Å². The fourth-order valence-corrected chi connectivity index (χ4v) is 3.68. The van der Waals surface area contributed by atoms with E-state index in [0.717, 1.165) is 43.7 Å². The first-order chi connectivity index (χ1) is 14.3. The molecule has 0 unspecified atom stereocenters. The van der Waals surface area contributed by atoms with Crippen LogP contribution in [0.3, 0.4) is 0 Å². The molecule has 150 valence electrons. The lowest BCUT2D eigenvalue weighted by Crippen LogP contribution is -2.35.